The molecule has 20 heavy (non-hydrogen) atoms. The van der Waals surface area contributed by atoms with Gasteiger partial charge in [0.15, 0.2) is 0 Å². The topological polar surface area (TPSA) is 76.9 Å². The van der Waals surface area contributed by atoms with E-state index in [2.05, 4.69) is 9.88 Å². The number of nitrogens with zero attached hydrogens (tertiary/aromatic N) is 3. The molecule has 6 nitrogen and oxygen atoms in total. The van der Waals surface area contributed by atoms with Gasteiger partial charge in [-0.25, -0.2) is 9.78 Å². The molecule has 1 aromatic rings. The molecular weight excluding hydrogens is 258 g/mol. The lowest BCUT2D eigenvalue weighted by atomic mass is 10.1. The van der Waals surface area contributed by atoms with E-state index in [1.807, 2.05) is 19.9 Å². The van der Waals surface area contributed by atoms with Gasteiger partial charge in [-0.2, -0.15) is 0 Å². The maximum absolute atomic E-state index is 11.2. The van der Waals surface area contributed by atoms with E-state index in [9.17, 15) is 15.0 Å². The molecule has 0 spiro atoms. The minimum Gasteiger partial charge on any atom is -0.465 e. The number of carboxylic acid groups (broad SMARTS) is 1. The summed E-state index contributed by atoms with van der Waals surface area (Å²) in [5, 5.41) is 18.5. The van der Waals surface area contributed by atoms with Crippen molar-refractivity contribution < 1.29 is 15.0 Å². The standard InChI is InChI=1S/C14H19N3O3/c1-8-5-16(14(19)20)6-12-4-10-3-11(7-18)9(2)15-13(10)17(8)12/h3,8,12,18H,4-7H2,1-2H3,(H,19,20)/t8-,12-/m1/s1. The van der Waals surface area contributed by atoms with E-state index in [1.54, 1.807) is 0 Å². The van der Waals surface area contributed by atoms with Crippen LogP contribution in [0.25, 0.3) is 0 Å². The van der Waals surface area contributed by atoms with E-state index in [-0.39, 0.29) is 18.7 Å². The minimum atomic E-state index is -0.854. The number of aliphatic hydroxyl groups excluding tert-OH is 1. The highest BCUT2D eigenvalue weighted by Gasteiger charge is 2.40. The molecule has 1 fully saturated rings. The highest BCUT2D eigenvalue weighted by atomic mass is 16.4. The Labute approximate surface area is 117 Å². The van der Waals surface area contributed by atoms with Crippen LogP contribution in [0.3, 0.4) is 0 Å². The molecular formula is C14H19N3O3. The van der Waals surface area contributed by atoms with Crippen molar-refractivity contribution in [2.45, 2.75) is 39.0 Å². The van der Waals surface area contributed by atoms with Gasteiger partial charge in [-0.05, 0) is 37.5 Å². The first-order valence-electron chi connectivity index (χ1n) is 6.87. The predicted octanol–water partition coefficient (Wildman–Crippen LogP) is 0.996. The molecule has 0 bridgehead atoms. The number of aromatic nitrogens is 1. The van der Waals surface area contributed by atoms with E-state index in [0.29, 0.717) is 13.1 Å². The summed E-state index contributed by atoms with van der Waals surface area (Å²) < 4.78 is 0. The maximum Gasteiger partial charge on any atom is 0.407 e. The summed E-state index contributed by atoms with van der Waals surface area (Å²) >= 11 is 0. The Balaban J connectivity index is 1.95. The van der Waals surface area contributed by atoms with Crippen LogP contribution in [0.5, 0.6) is 0 Å². The van der Waals surface area contributed by atoms with Gasteiger partial charge in [0.2, 0.25) is 0 Å². The van der Waals surface area contributed by atoms with Gasteiger partial charge in [0, 0.05) is 24.8 Å². The quantitative estimate of drug-likeness (QED) is 0.800. The van der Waals surface area contributed by atoms with Crippen LogP contribution in [0.1, 0.15) is 23.7 Å². The van der Waals surface area contributed by atoms with Crippen LogP contribution in [-0.4, -0.2) is 51.4 Å². The molecule has 1 amide bonds. The molecule has 3 rings (SSSR count). The number of piperazine rings is 1. The van der Waals surface area contributed by atoms with Gasteiger partial charge in [0.05, 0.1) is 12.6 Å². The molecule has 0 radical (unpaired) electrons. The van der Waals surface area contributed by atoms with Crippen LogP contribution >= 0.6 is 0 Å². The zero-order valence-corrected chi connectivity index (χ0v) is 11.7. The van der Waals surface area contributed by atoms with Gasteiger partial charge in [-0.1, -0.05) is 0 Å². The summed E-state index contributed by atoms with van der Waals surface area (Å²) in [6.07, 6.45) is -0.0587. The number of amides is 1. The zero-order valence-electron chi connectivity index (χ0n) is 11.7. The van der Waals surface area contributed by atoms with Crippen molar-refractivity contribution in [2.24, 2.45) is 0 Å². The van der Waals surface area contributed by atoms with Crippen molar-refractivity contribution in [3.8, 4) is 0 Å². The number of aryl methyl sites for hydroxylation is 1. The largest absolute Gasteiger partial charge is 0.465 e. The van der Waals surface area contributed by atoms with E-state index < -0.39 is 6.09 Å². The van der Waals surface area contributed by atoms with Crippen molar-refractivity contribution in [3.05, 3.63) is 22.9 Å². The molecule has 1 saturated heterocycles. The van der Waals surface area contributed by atoms with Crippen LogP contribution in [0.4, 0.5) is 10.6 Å². The third kappa shape index (κ3) is 1.91. The Hall–Kier alpha value is -1.82. The second-order valence-corrected chi connectivity index (χ2v) is 5.68. The number of hydrogen-bond acceptors (Lipinski definition) is 4. The van der Waals surface area contributed by atoms with Crippen LogP contribution < -0.4 is 4.90 Å². The number of fused-ring (bicyclic) bond motifs is 3. The average Bonchev–Trinajstić information content (AvgIpc) is 2.75. The Morgan fingerprint density at radius 2 is 2.25 bits per heavy atom. The van der Waals surface area contributed by atoms with E-state index in [4.69, 9.17) is 0 Å². The third-order valence-corrected chi connectivity index (χ3v) is 4.30. The second-order valence-electron chi connectivity index (χ2n) is 5.68. The van der Waals surface area contributed by atoms with Gasteiger partial charge in [0.25, 0.3) is 0 Å². The highest BCUT2D eigenvalue weighted by molar-refractivity contribution is 5.67. The molecule has 2 aliphatic heterocycles. The van der Waals surface area contributed by atoms with Gasteiger partial charge in [-0.3, -0.25) is 0 Å². The van der Waals surface area contributed by atoms with Crippen LogP contribution in [-0.2, 0) is 13.0 Å². The normalized spacial score (nSPS) is 24.6. The number of aliphatic hydroxyl groups is 1. The molecule has 2 aliphatic rings. The van der Waals surface area contributed by atoms with Crippen molar-refractivity contribution in [1.29, 1.82) is 0 Å². The lowest BCUT2D eigenvalue weighted by molar-refractivity contribution is 0.128. The number of carbonyl (C=O) groups is 1. The number of pyridine rings is 1. The summed E-state index contributed by atoms with van der Waals surface area (Å²) in [4.78, 5) is 19.5. The molecule has 3 heterocycles. The first kappa shape index (κ1) is 13.2. The molecule has 0 aromatic carbocycles. The van der Waals surface area contributed by atoms with Crippen LogP contribution in [0.2, 0.25) is 0 Å². The van der Waals surface area contributed by atoms with Crippen molar-refractivity contribution in [1.82, 2.24) is 9.88 Å². The van der Waals surface area contributed by atoms with Crippen molar-refractivity contribution in [3.63, 3.8) is 0 Å². The lowest BCUT2D eigenvalue weighted by Crippen LogP contribution is -2.57. The van der Waals surface area contributed by atoms with E-state index in [0.717, 1.165) is 29.1 Å². The Morgan fingerprint density at radius 1 is 1.50 bits per heavy atom. The summed E-state index contributed by atoms with van der Waals surface area (Å²) in [5.41, 5.74) is 2.81. The maximum atomic E-state index is 11.2. The Morgan fingerprint density at radius 3 is 2.90 bits per heavy atom. The summed E-state index contributed by atoms with van der Waals surface area (Å²) in [7, 11) is 0. The van der Waals surface area contributed by atoms with Crippen LogP contribution in [0, 0.1) is 6.92 Å². The third-order valence-electron chi connectivity index (χ3n) is 4.30. The summed E-state index contributed by atoms with van der Waals surface area (Å²) in [6, 6.07) is 2.29. The van der Waals surface area contributed by atoms with E-state index >= 15 is 0 Å². The molecule has 2 atom stereocenters. The fraction of sp³-hybridized carbons (Fsp3) is 0.571. The summed E-state index contributed by atoms with van der Waals surface area (Å²) in [6.45, 7) is 4.95. The predicted molar refractivity (Wildman–Crippen MR) is 73.9 cm³/mol. The molecule has 0 saturated carbocycles. The van der Waals surface area contributed by atoms with Gasteiger partial charge >= 0.3 is 6.09 Å². The second kappa shape index (κ2) is 4.63. The fourth-order valence-electron chi connectivity index (χ4n) is 3.35. The van der Waals surface area contributed by atoms with Gasteiger partial charge in [0.1, 0.15) is 5.82 Å². The first-order chi connectivity index (χ1) is 9.51. The lowest BCUT2D eigenvalue weighted by Gasteiger charge is -2.42. The molecule has 2 N–H and O–H groups in total. The molecule has 108 valence electrons. The average molecular weight is 277 g/mol. The first-order valence-corrected chi connectivity index (χ1v) is 6.87. The highest BCUT2D eigenvalue weighted by Crippen LogP contribution is 2.36. The Bertz CT molecular complexity index is 561. The smallest absolute Gasteiger partial charge is 0.407 e. The van der Waals surface area contributed by atoms with Crippen molar-refractivity contribution >= 4 is 11.9 Å². The number of hydrogen-bond donors (Lipinski definition) is 2. The summed E-state index contributed by atoms with van der Waals surface area (Å²) in [5.74, 6) is 0.960. The van der Waals surface area contributed by atoms with E-state index in [1.165, 1.54) is 4.90 Å². The van der Waals surface area contributed by atoms with Crippen LogP contribution in [0.15, 0.2) is 6.07 Å². The number of anilines is 1. The minimum absolute atomic E-state index is 0.00636. The molecule has 0 aliphatic carbocycles. The fourth-order valence-corrected chi connectivity index (χ4v) is 3.35. The molecule has 6 heteroatoms. The van der Waals surface area contributed by atoms with Crippen molar-refractivity contribution in [2.75, 3.05) is 18.0 Å². The zero-order chi connectivity index (χ0) is 14.4. The number of rotatable bonds is 1. The van der Waals surface area contributed by atoms with Gasteiger partial charge < -0.3 is 20.0 Å². The monoisotopic (exact) mass is 277 g/mol. The molecule has 0 unspecified atom stereocenters. The molecule has 1 aromatic heterocycles. The SMILES string of the molecule is Cc1nc2c(cc1CO)C[C@@H]1CN(C(=O)O)C[C@@H](C)N21. The van der Waals surface area contributed by atoms with Gasteiger partial charge in [-0.15, -0.1) is 0 Å². The Kier molecular flexibility index (Phi) is 3.05.